The summed E-state index contributed by atoms with van der Waals surface area (Å²) >= 11 is 0. The first-order valence-corrected chi connectivity index (χ1v) is 8.54. The van der Waals surface area contributed by atoms with Gasteiger partial charge in [0.2, 0.25) is 5.95 Å². The molecule has 0 radical (unpaired) electrons. The fraction of sp³-hybridized carbons (Fsp3) is 0.316. The Morgan fingerprint density at radius 1 is 1.04 bits per heavy atom. The highest BCUT2D eigenvalue weighted by molar-refractivity contribution is 6.08. The highest BCUT2D eigenvalue weighted by atomic mass is 16.2. The molecule has 1 amide bonds. The number of fused-ring (bicyclic) bond motifs is 1. The van der Waals surface area contributed by atoms with Crippen LogP contribution in [-0.2, 0) is 0 Å². The Morgan fingerprint density at radius 2 is 1.76 bits per heavy atom. The molecule has 4 rings (SSSR count). The summed E-state index contributed by atoms with van der Waals surface area (Å²) in [4.78, 5) is 29.1. The molecule has 1 aliphatic heterocycles. The fourth-order valence-corrected chi connectivity index (χ4v) is 3.49. The first-order chi connectivity index (χ1) is 12.1. The van der Waals surface area contributed by atoms with Gasteiger partial charge in [-0.2, -0.15) is 0 Å². The lowest BCUT2D eigenvalue weighted by Gasteiger charge is -2.34. The Morgan fingerprint density at radius 3 is 2.48 bits per heavy atom. The molecule has 128 valence electrons. The zero-order valence-corrected chi connectivity index (χ0v) is 14.5. The highest BCUT2D eigenvalue weighted by Gasteiger charge is 2.26. The number of aromatic nitrogens is 3. The van der Waals surface area contributed by atoms with E-state index in [1.807, 2.05) is 30.0 Å². The van der Waals surface area contributed by atoms with Crippen molar-refractivity contribution < 1.29 is 4.79 Å². The third-order valence-electron chi connectivity index (χ3n) is 4.85. The second-order valence-corrected chi connectivity index (χ2v) is 6.45. The fourth-order valence-electron chi connectivity index (χ4n) is 3.49. The number of nitrogens with one attached hydrogen (secondary N) is 1. The topological polar surface area (TPSA) is 65.1 Å². The van der Waals surface area contributed by atoms with Gasteiger partial charge in [-0.3, -0.25) is 4.79 Å². The van der Waals surface area contributed by atoms with Crippen LogP contribution in [0.5, 0.6) is 0 Å². The molecular weight excluding hydrogens is 314 g/mol. The molecular formula is C19H21N5O. The number of aryl methyl sites for hydroxylation is 2. The zero-order valence-electron chi connectivity index (χ0n) is 14.5. The first-order valence-electron chi connectivity index (χ1n) is 8.54. The van der Waals surface area contributed by atoms with Crippen LogP contribution in [0.1, 0.15) is 21.6 Å². The Labute approximate surface area is 146 Å². The molecule has 0 atom stereocenters. The molecule has 0 aliphatic carbocycles. The number of anilines is 1. The second-order valence-electron chi connectivity index (χ2n) is 6.45. The van der Waals surface area contributed by atoms with Crippen LogP contribution in [0.4, 0.5) is 5.95 Å². The molecule has 2 aromatic heterocycles. The van der Waals surface area contributed by atoms with Crippen molar-refractivity contribution in [2.24, 2.45) is 0 Å². The van der Waals surface area contributed by atoms with Gasteiger partial charge in [0.05, 0.1) is 5.56 Å². The molecule has 0 saturated carbocycles. The molecule has 0 bridgehead atoms. The number of amides is 1. The minimum Gasteiger partial charge on any atom is -0.358 e. The van der Waals surface area contributed by atoms with E-state index in [0.717, 1.165) is 46.8 Å². The molecule has 1 saturated heterocycles. The Bertz CT molecular complexity index is 910. The van der Waals surface area contributed by atoms with E-state index in [9.17, 15) is 4.79 Å². The molecule has 0 unspecified atom stereocenters. The van der Waals surface area contributed by atoms with Gasteiger partial charge < -0.3 is 14.8 Å². The van der Waals surface area contributed by atoms with Crippen LogP contribution in [0.2, 0.25) is 0 Å². The third-order valence-corrected chi connectivity index (χ3v) is 4.85. The minimum atomic E-state index is 0.1000. The summed E-state index contributed by atoms with van der Waals surface area (Å²) in [5.74, 6) is 0.830. The number of para-hydroxylation sites is 1. The number of carbonyl (C=O) groups excluding carboxylic acids is 1. The van der Waals surface area contributed by atoms with Gasteiger partial charge in [0.1, 0.15) is 0 Å². The maximum atomic E-state index is 13.1. The lowest BCUT2D eigenvalue weighted by molar-refractivity contribution is 0.0747. The van der Waals surface area contributed by atoms with Gasteiger partial charge in [-0.05, 0) is 25.5 Å². The molecule has 25 heavy (non-hydrogen) atoms. The summed E-state index contributed by atoms with van der Waals surface area (Å²) in [5, 5.41) is 1.01. The zero-order chi connectivity index (χ0) is 17.4. The van der Waals surface area contributed by atoms with Crippen molar-refractivity contribution in [2.75, 3.05) is 31.1 Å². The maximum absolute atomic E-state index is 13.1. The molecule has 6 heteroatoms. The number of aromatic amines is 1. The molecule has 0 spiro atoms. The van der Waals surface area contributed by atoms with Crippen molar-refractivity contribution in [1.29, 1.82) is 0 Å². The van der Waals surface area contributed by atoms with E-state index in [4.69, 9.17) is 0 Å². The van der Waals surface area contributed by atoms with Crippen molar-refractivity contribution in [3.05, 3.63) is 53.5 Å². The van der Waals surface area contributed by atoms with Crippen LogP contribution in [0.15, 0.2) is 36.7 Å². The number of hydrogen-bond donors (Lipinski definition) is 1. The minimum absolute atomic E-state index is 0.1000. The number of rotatable bonds is 2. The largest absolute Gasteiger partial charge is 0.358 e. The molecule has 1 aromatic carbocycles. The smallest absolute Gasteiger partial charge is 0.256 e. The van der Waals surface area contributed by atoms with Gasteiger partial charge in [-0.25, -0.2) is 9.97 Å². The summed E-state index contributed by atoms with van der Waals surface area (Å²) in [7, 11) is 0. The molecule has 3 aromatic rings. The van der Waals surface area contributed by atoms with E-state index in [0.29, 0.717) is 13.1 Å². The van der Waals surface area contributed by atoms with Crippen LogP contribution < -0.4 is 4.90 Å². The predicted molar refractivity (Wildman–Crippen MR) is 97.9 cm³/mol. The second kappa shape index (κ2) is 6.20. The van der Waals surface area contributed by atoms with Crippen LogP contribution in [0, 0.1) is 13.8 Å². The van der Waals surface area contributed by atoms with E-state index in [1.54, 1.807) is 12.4 Å². The average Bonchev–Trinajstić information content (AvgIpc) is 2.99. The standard InChI is InChI=1S/C19H21N5O/c1-13-5-3-6-15-16(14(2)22-17(13)15)18(25)23-9-11-24(12-10-23)19-20-7-4-8-21-19/h3-8,22H,9-12H2,1-2H3. The van der Waals surface area contributed by atoms with Crippen molar-refractivity contribution in [2.45, 2.75) is 13.8 Å². The summed E-state index contributed by atoms with van der Waals surface area (Å²) < 4.78 is 0. The number of hydrogen-bond acceptors (Lipinski definition) is 4. The summed E-state index contributed by atoms with van der Waals surface area (Å²) in [6.07, 6.45) is 3.50. The van der Waals surface area contributed by atoms with E-state index in [-0.39, 0.29) is 5.91 Å². The van der Waals surface area contributed by atoms with Gasteiger partial charge >= 0.3 is 0 Å². The van der Waals surface area contributed by atoms with Gasteiger partial charge in [0, 0.05) is 55.2 Å². The monoisotopic (exact) mass is 335 g/mol. The number of piperazine rings is 1. The van der Waals surface area contributed by atoms with E-state index >= 15 is 0 Å². The third kappa shape index (κ3) is 2.73. The van der Waals surface area contributed by atoms with Crippen LogP contribution >= 0.6 is 0 Å². The number of carbonyl (C=O) groups is 1. The maximum Gasteiger partial charge on any atom is 0.256 e. The first kappa shape index (κ1) is 15.6. The average molecular weight is 335 g/mol. The van der Waals surface area contributed by atoms with Crippen molar-refractivity contribution in [3.63, 3.8) is 0 Å². The Kier molecular flexibility index (Phi) is 3.87. The predicted octanol–water partition coefficient (Wildman–Crippen LogP) is 2.54. The summed E-state index contributed by atoms with van der Waals surface area (Å²) in [6.45, 7) is 6.88. The number of benzene rings is 1. The highest BCUT2D eigenvalue weighted by Crippen LogP contribution is 2.26. The summed E-state index contributed by atoms with van der Waals surface area (Å²) in [6, 6.07) is 7.90. The van der Waals surface area contributed by atoms with Crippen molar-refractivity contribution in [1.82, 2.24) is 19.9 Å². The lowest BCUT2D eigenvalue weighted by atomic mass is 10.1. The van der Waals surface area contributed by atoms with E-state index < -0.39 is 0 Å². The van der Waals surface area contributed by atoms with E-state index in [1.165, 1.54) is 0 Å². The van der Waals surface area contributed by atoms with Gasteiger partial charge in [-0.15, -0.1) is 0 Å². The molecule has 6 nitrogen and oxygen atoms in total. The van der Waals surface area contributed by atoms with Crippen molar-refractivity contribution in [3.8, 4) is 0 Å². The van der Waals surface area contributed by atoms with Crippen LogP contribution in [0.3, 0.4) is 0 Å². The Balaban J connectivity index is 1.55. The van der Waals surface area contributed by atoms with E-state index in [2.05, 4.69) is 32.8 Å². The van der Waals surface area contributed by atoms with Gasteiger partial charge in [0.25, 0.3) is 5.91 Å². The number of nitrogens with zero attached hydrogens (tertiary/aromatic N) is 4. The quantitative estimate of drug-likeness (QED) is 0.782. The molecule has 1 aliphatic rings. The normalized spacial score (nSPS) is 15.0. The van der Waals surface area contributed by atoms with Gasteiger partial charge in [-0.1, -0.05) is 18.2 Å². The SMILES string of the molecule is Cc1[nH]c2c(C)cccc2c1C(=O)N1CCN(c2ncccn2)CC1. The van der Waals surface area contributed by atoms with Crippen LogP contribution in [0.25, 0.3) is 10.9 Å². The van der Waals surface area contributed by atoms with Crippen molar-refractivity contribution >= 4 is 22.8 Å². The van der Waals surface area contributed by atoms with Gasteiger partial charge in [0.15, 0.2) is 0 Å². The molecule has 1 fully saturated rings. The molecule has 1 N–H and O–H groups in total. The number of H-pyrrole nitrogens is 1. The summed E-state index contributed by atoms with van der Waals surface area (Å²) in [5.41, 5.74) is 3.94. The lowest BCUT2D eigenvalue weighted by Crippen LogP contribution is -2.49. The Hall–Kier alpha value is -2.89. The molecule has 3 heterocycles. The van der Waals surface area contributed by atoms with Crippen LogP contribution in [-0.4, -0.2) is 51.9 Å².